The molecule has 124 valence electrons. The van der Waals surface area contributed by atoms with Gasteiger partial charge >= 0.3 is 5.97 Å². The molecule has 0 radical (unpaired) electrons. The number of aliphatic hydroxyl groups is 1. The Hall–Kier alpha value is -2.02. The third-order valence-corrected chi connectivity index (χ3v) is 3.29. The Morgan fingerprint density at radius 2 is 1.91 bits per heavy atom. The summed E-state index contributed by atoms with van der Waals surface area (Å²) in [6.07, 6.45) is 1.96. The van der Waals surface area contributed by atoms with Gasteiger partial charge in [0.1, 0.15) is 5.60 Å². The number of allylic oxidation sites excluding steroid dienone is 1. The Kier molecular flexibility index (Phi) is 6.91. The van der Waals surface area contributed by atoms with Crippen molar-refractivity contribution in [3.05, 3.63) is 12.2 Å². The molecule has 0 saturated heterocycles. The lowest BCUT2D eigenvalue weighted by Gasteiger charge is -2.30. The topological polar surface area (TPSA) is 121 Å². The Morgan fingerprint density at radius 3 is 2.32 bits per heavy atom. The highest BCUT2D eigenvalue weighted by atomic mass is 16.4. The maximum atomic E-state index is 12.3. The van der Waals surface area contributed by atoms with Crippen molar-refractivity contribution in [3.8, 4) is 0 Å². The number of hydrogen-bond acceptors (Lipinski definition) is 5. The maximum Gasteiger partial charge on any atom is 0.306 e. The second kappa shape index (κ2) is 8.43. The number of Topliss-reactive ketones (excluding diaryl/α,β-unsaturated/α-hetero) is 2. The minimum absolute atomic E-state index is 0.0338. The van der Waals surface area contributed by atoms with Gasteiger partial charge in [0.25, 0.3) is 0 Å². The van der Waals surface area contributed by atoms with Gasteiger partial charge in [-0.1, -0.05) is 19.1 Å². The smallest absolute Gasteiger partial charge is 0.306 e. The summed E-state index contributed by atoms with van der Waals surface area (Å²) in [5.74, 6) is -4.92. The predicted molar refractivity (Wildman–Crippen MR) is 79.1 cm³/mol. The number of nitrogens with one attached hydrogen (secondary N) is 1. The molecule has 0 aromatic rings. The van der Waals surface area contributed by atoms with E-state index in [1.807, 2.05) is 0 Å². The van der Waals surface area contributed by atoms with E-state index >= 15 is 0 Å². The summed E-state index contributed by atoms with van der Waals surface area (Å²) in [4.78, 5) is 46.3. The molecule has 3 N–H and O–H groups in total. The zero-order valence-corrected chi connectivity index (χ0v) is 13.0. The average molecular weight is 314 g/mol. The van der Waals surface area contributed by atoms with Crippen molar-refractivity contribution < 1.29 is 30.8 Å². The normalized spacial score (nSPS) is 17.2. The first-order valence-corrected chi connectivity index (χ1v) is 6.78. The van der Waals surface area contributed by atoms with Crippen LogP contribution >= 0.6 is 0 Å². The highest BCUT2D eigenvalue weighted by Gasteiger charge is 2.46. The number of aliphatic carboxylic acids is 1. The first-order valence-electron chi connectivity index (χ1n) is 7.48. The zero-order chi connectivity index (χ0) is 18.2. The first kappa shape index (κ1) is 18.0. The van der Waals surface area contributed by atoms with Gasteiger partial charge in [-0.3, -0.25) is 19.2 Å². The quantitative estimate of drug-likeness (QED) is 0.532. The van der Waals surface area contributed by atoms with E-state index in [-0.39, 0.29) is 19.1 Å². The van der Waals surface area contributed by atoms with E-state index in [9.17, 15) is 24.3 Å². The largest absolute Gasteiger partial charge is 0.481 e. The lowest BCUT2D eigenvalue weighted by molar-refractivity contribution is -0.157. The lowest BCUT2D eigenvalue weighted by Crippen LogP contribution is -2.53. The van der Waals surface area contributed by atoms with E-state index in [1.54, 1.807) is 0 Å². The lowest BCUT2D eigenvalue weighted by atomic mass is 9.80. The molecule has 0 aliphatic rings. The second-order valence-electron chi connectivity index (χ2n) is 5.09. The average Bonchev–Trinajstić information content (AvgIpc) is 2.41. The van der Waals surface area contributed by atoms with Crippen LogP contribution in [0.5, 0.6) is 0 Å². The molecule has 0 aliphatic carbocycles. The molecule has 0 rings (SSSR count). The zero-order valence-electron chi connectivity index (χ0n) is 14.0. The van der Waals surface area contributed by atoms with Crippen molar-refractivity contribution in [2.45, 2.75) is 52.2 Å². The van der Waals surface area contributed by atoms with Gasteiger partial charge in [-0.25, -0.2) is 0 Å². The number of carboxylic acids is 1. The van der Waals surface area contributed by atoms with E-state index in [1.165, 1.54) is 26.0 Å². The molecule has 0 saturated carbocycles. The number of hydrogen-bond donors (Lipinski definition) is 3. The minimum Gasteiger partial charge on any atom is -0.481 e. The molecule has 0 bridgehead atoms. The van der Waals surface area contributed by atoms with E-state index in [2.05, 4.69) is 5.32 Å². The van der Waals surface area contributed by atoms with Gasteiger partial charge in [-0.05, 0) is 27.2 Å². The molecule has 0 aromatic carbocycles. The molecular formula is C15H23NO6. The van der Waals surface area contributed by atoms with Gasteiger partial charge in [-0.15, -0.1) is 0 Å². The molecule has 0 aromatic heterocycles. The van der Waals surface area contributed by atoms with Crippen LogP contribution in [-0.4, -0.2) is 45.3 Å². The van der Waals surface area contributed by atoms with Crippen LogP contribution in [0, 0.1) is 5.92 Å². The Balaban J connectivity index is 5.63. The number of rotatable bonds is 9. The van der Waals surface area contributed by atoms with Crippen LogP contribution in [0.1, 0.15) is 41.9 Å². The maximum absolute atomic E-state index is 12.3. The molecule has 1 amide bonds. The molecule has 7 heteroatoms. The number of carbonyl (C=O) groups is 4. The summed E-state index contributed by atoms with van der Waals surface area (Å²) in [5.41, 5.74) is -2.43. The van der Waals surface area contributed by atoms with Crippen LogP contribution in [0.3, 0.4) is 0 Å². The minimum atomic E-state index is -2.43. The van der Waals surface area contributed by atoms with E-state index < -0.39 is 41.6 Å². The third kappa shape index (κ3) is 5.40. The summed E-state index contributed by atoms with van der Waals surface area (Å²) < 4.78 is 7.06. The fourth-order valence-electron chi connectivity index (χ4n) is 1.78. The SMILES string of the molecule is [2H]CC/C=C/[C@H](C(=O)NC(C)C(C)=O)[C@@](O)(CC(=O)O)C(C)=O. The van der Waals surface area contributed by atoms with Gasteiger partial charge in [0.15, 0.2) is 11.6 Å². The van der Waals surface area contributed by atoms with Crippen molar-refractivity contribution in [2.24, 2.45) is 5.92 Å². The summed E-state index contributed by atoms with van der Waals surface area (Å²) >= 11 is 0. The van der Waals surface area contributed by atoms with E-state index in [0.29, 0.717) is 0 Å². The Bertz CT molecular complexity index is 504. The highest BCUT2D eigenvalue weighted by Crippen LogP contribution is 2.25. The fourth-order valence-corrected chi connectivity index (χ4v) is 1.78. The summed E-state index contributed by atoms with van der Waals surface area (Å²) in [6.45, 7) is 3.74. The molecular weight excluding hydrogens is 290 g/mol. The van der Waals surface area contributed by atoms with Crippen molar-refractivity contribution in [3.63, 3.8) is 0 Å². The van der Waals surface area contributed by atoms with Crippen LogP contribution in [0.4, 0.5) is 0 Å². The molecule has 0 aliphatic heterocycles. The molecule has 1 unspecified atom stereocenters. The van der Waals surface area contributed by atoms with Crippen LogP contribution in [-0.2, 0) is 19.2 Å². The Morgan fingerprint density at radius 1 is 1.32 bits per heavy atom. The second-order valence-corrected chi connectivity index (χ2v) is 5.09. The summed E-state index contributed by atoms with van der Waals surface area (Å²) in [7, 11) is 0. The standard InChI is InChI=1S/C15H23NO6/c1-5-6-7-12(14(21)16-9(2)10(3)17)15(22,11(4)18)8-13(19)20/h6-7,9,12,22H,5,8H2,1-4H3,(H,16,21)(H,19,20)/b7-6+/t9?,12-,15-/m1/s1/i1D. The van der Waals surface area contributed by atoms with Gasteiger partial charge in [-0.2, -0.15) is 0 Å². The van der Waals surface area contributed by atoms with E-state index in [4.69, 9.17) is 6.48 Å². The summed E-state index contributed by atoms with van der Waals surface area (Å²) in [5, 5.41) is 21.7. The fraction of sp³-hybridized carbons (Fsp3) is 0.600. The number of carbonyl (C=O) groups excluding carboxylic acids is 3. The molecule has 0 spiro atoms. The van der Waals surface area contributed by atoms with Crippen LogP contribution in [0.15, 0.2) is 12.2 Å². The molecule has 0 heterocycles. The van der Waals surface area contributed by atoms with Crippen molar-refractivity contribution >= 4 is 23.4 Å². The van der Waals surface area contributed by atoms with Gasteiger partial charge in [0.05, 0.1) is 18.4 Å². The predicted octanol–water partition coefficient (Wildman–Crippen LogP) is 0.457. The molecule has 3 atom stereocenters. The number of carboxylic acid groups (broad SMARTS) is 1. The Labute approximate surface area is 130 Å². The summed E-state index contributed by atoms with van der Waals surface area (Å²) in [6, 6.07) is -0.837. The van der Waals surface area contributed by atoms with Gasteiger partial charge in [0, 0.05) is 1.37 Å². The third-order valence-electron chi connectivity index (χ3n) is 3.29. The monoisotopic (exact) mass is 314 g/mol. The van der Waals surface area contributed by atoms with Crippen LogP contribution in [0.2, 0.25) is 0 Å². The van der Waals surface area contributed by atoms with E-state index in [0.717, 1.165) is 6.92 Å². The first-order chi connectivity index (χ1) is 10.6. The molecule has 7 nitrogen and oxygen atoms in total. The van der Waals surface area contributed by atoms with Crippen molar-refractivity contribution in [1.29, 1.82) is 0 Å². The van der Waals surface area contributed by atoms with Gasteiger partial charge in [0.2, 0.25) is 5.91 Å². The van der Waals surface area contributed by atoms with Crippen molar-refractivity contribution in [1.82, 2.24) is 5.32 Å². The number of amides is 1. The highest BCUT2D eigenvalue weighted by molar-refractivity contribution is 5.97. The van der Waals surface area contributed by atoms with Crippen LogP contribution in [0.25, 0.3) is 0 Å². The number of ketones is 2. The van der Waals surface area contributed by atoms with Crippen LogP contribution < -0.4 is 5.32 Å². The molecule has 0 fully saturated rings. The van der Waals surface area contributed by atoms with Gasteiger partial charge < -0.3 is 15.5 Å². The molecule has 22 heavy (non-hydrogen) atoms. The van der Waals surface area contributed by atoms with Crippen molar-refractivity contribution in [2.75, 3.05) is 0 Å².